The second-order valence-electron chi connectivity index (χ2n) is 5.06. The van der Waals surface area contributed by atoms with E-state index in [2.05, 4.69) is 6.07 Å². The van der Waals surface area contributed by atoms with E-state index < -0.39 is 4.92 Å². The van der Waals surface area contributed by atoms with Crippen LogP contribution in [-0.4, -0.2) is 19.1 Å². The Hall–Kier alpha value is -3.33. The van der Waals surface area contributed by atoms with E-state index in [1.165, 1.54) is 32.4 Å². The van der Waals surface area contributed by atoms with Crippen LogP contribution < -0.4 is 9.47 Å². The average molecular weight is 324 g/mol. The molecule has 6 heteroatoms. The topological polar surface area (TPSA) is 85.4 Å². The van der Waals surface area contributed by atoms with Crippen molar-refractivity contribution in [3.8, 4) is 17.6 Å². The van der Waals surface area contributed by atoms with Gasteiger partial charge in [0.25, 0.3) is 5.69 Å². The maximum absolute atomic E-state index is 11.3. The molecule has 2 aromatic carbocycles. The molecule has 0 bridgehead atoms. The van der Waals surface area contributed by atoms with Gasteiger partial charge in [0.1, 0.15) is 0 Å². The molecular weight excluding hydrogens is 308 g/mol. The third-order valence-corrected chi connectivity index (χ3v) is 3.48. The number of hydrogen-bond donors (Lipinski definition) is 0. The van der Waals surface area contributed by atoms with Crippen molar-refractivity contribution < 1.29 is 14.4 Å². The van der Waals surface area contributed by atoms with Crippen LogP contribution in [0.4, 0.5) is 5.69 Å². The van der Waals surface area contributed by atoms with Gasteiger partial charge in [-0.15, -0.1) is 0 Å². The summed E-state index contributed by atoms with van der Waals surface area (Å²) in [4.78, 5) is 10.8. The molecule has 0 spiro atoms. The van der Waals surface area contributed by atoms with Crippen LogP contribution in [0.15, 0.2) is 36.4 Å². The predicted octanol–water partition coefficient (Wildman–Crippen LogP) is 3.98. The molecule has 0 radical (unpaired) electrons. The van der Waals surface area contributed by atoms with Crippen LogP contribution in [0.3, 0.4) is 0 Å². The number of rotatable bonds is 5. The standard InChI is InChI=1S/C18H16N2O4/c1-12-5-4-6-13(7-12)15(11-19)8-14-9-17(23-2)18(24-3)10-16(14)20(21)22/h4-10H,1-3H3/b15-8+. The summed E-state index contributed by atoms with van der Waals surface area (Å²) in [6.45, 7) is 1.91. The van der Waals surface area contributed by atoms with E-state index in [0.717, 1.165) is 5.56 Å². The summed E-state index contributed by atoms with van der Waals surface area (Å²) in [6.07, 6.45) is 1.48. The van der Waals surface area contributed by atoms with E-state index >= 15 is 0 Å². The molecule has 0 saturated heterocycles. The van der Waals surface area contributed by atoms with Crippen molar-refractivity contribution in [2.24, 2.45) is 0 Å². The number of nitro groups is 1. The fourth-order valence-electron chi connectivity index (χ4n) is 2.31. The fraction of sp³-hybridized carbons (Fsp3) is 0.167. The minimum Gasteiger partial charge on any atom is -0.493 e. The molecule has 0 amide bonds. The van der Waals surface area contributed by atoms with Crippen LogP contribution >= 0.6 is 0 Å². The van der Waals surface area contributed by atoms with Gasteiger partial charge in [-0.25, -0.2) is 0 Å². The Bertz CT molecular complexity index is 851. The lowest BCUT2D eigenvalue weighted by Crippen LogP contribution is -1.97. The molecule has 0 aliphatic heterocycles. The summed E-state index contributed by atoms with van der Waals surface area (Å²) in [7, 11) is 2.85. The number of nitrogens with zero attached hydrogens (tertiary/aromatic N) is 2. The first-order valence-electron chi connectivity index (χ1n) is 7.09. The van der Waals surface area contributed by atoms with Gasteiger partial charge in [-0.2, -0.15) is 5.26 Å². The van der Waals surface area contributed by atoms with Crippen molar-refractivity contribution in [2.75, 3.05) is 14.2 Å². The van der Waals surface area contributed by atoms with Crippen LogP contribution in [-0.2, 0) is 0 Å². The zero-order valence-corrected chi connectivity index (χ0v) is 13.6. The molecule has 122 valence electrons. The molecule has 2 aromatic rings. The van der Waals surface area contributed by atoms with Gasteiger partial charge >= 0.3 is 0 Å². The smallest absolute Gasteiger partial charge is 0.280 e. The van der Waals surface area contributed by atoms with Gasteiger partial charge in [0, 0.05) is 0 Å². The first kappa shape index (κ1) is 17.0. The van der Waals surface area contributed by atoms with Gasteiger partial charge in [0.2, 0.25) is 0 Å². The van der Waals surface area contributed by atoms with Crippen molar-refractivity contribution in [1.82, 2.24) is 0 Å². The monoisotopic (exact) mass is 324 g/mol. The van der Waals surface area contributed by atoms with Gasteiger partial charge in [0.15, 0.2) is 11.5 Å². The van der Waals surface area contributed by atoms with Crippen LogP contribution in [0.5, 0.6) is 11.5 Å². The largest absolute Gasteiger partial charge is 0.493 e. The van der Waals surface area contributed by atoms with E-state index in [1.54, 1.807) is 6.07 Å². The SMILES string of the molecule is COc1cc(/C=C(\C#N)c2cccc(C)c2)c([N+](=O)[O-])cc1OC. The normalized spacial score (nSPS) is 10.8. The number of allylic oxidation sites excluding steroid dienone is 1. The Balaban J connectivity index is 2.65. The van der Waals surface area contributed by atoms with Crippen LogP contribution in [0.2, 0.25) is 0 Å². The van der Waals surface area contributed by atoms with Crippen molar-refractivity contribution >= 4 is 17.3 Å². The van der Waals surface area contributed by atoms with Crippen molar-refractivity contribution in [1.29, 1.82) is 5.26 Å². The molecule has 0 fully saturated rings. The third kappa shape index (κ3) is 3.52. The Morgan fingerprint density at radius 3 is 2.42 bits per heavy atom. The minimum atomic E-state index is -0.515. The lowest BCUT2D eigenvalue weighted by molar-refractivity contribution is -0.385. The van der Waals surface area contributed by atoms with Gasteiger partial charge in [-0.1, -0.05) is 29.8 Å². The summed E-state index contributed by atoms with van der Waals surface area (Å²) in [5.41, 5.74) is 2.13. The summed E-state index contributed by atoms with van der Waals surface area (Å²) in [5.74, 6) is 0.617. The Morgan fingerprint density at radius 2 is 1.88 bits per heavy atom. The van der Waals surface area contributed by atoms with E-state index in [4.69, 9.17) is 9.47 Å². The fourth-order valence-corrected chi connectivity index (χ4v) is 2.31. The molecule has 0 aliphatic rings. The number of hydrogen-bond acceptors (Lipinski definition) is 5. The second kappa shape index (κ2) is 7.29. The average Bonchev–Trinajstić information content (AvgIpc) is 2.58. The van der Waals surface area contributed by atoms with E-state index in [-0.39, 0.29) is 17.0 Å². The summed E-state index contributed by atoms with van der Waals surface area (Å²) in [6, 6.07) is 12.3. The van der Waals surface area contributed by atoms with Crippen molar-refractivity contribution in [3.05, 3.63) is 63.2 Å². The molecule has 0 unspecified atom stereocenters. The van der Waals surface area contributed by atoms with Crippen LogP contribution in [0.1, 0.15) is 16.7 Å². The number of nitro benzene ring substituents is 1. The number of benzene rings is 2. The van der Waals surface area contributed by atoms with E-state index in [0.29, 0.717) is 16.9 Å². The first-order valence-corrected chi connectivity index (χ1v) is 7.09. The molecule has 2 rings (SSSR count). The second-order valence-corrected chi connectivity index (χ2v) is 5.06. The Morgan fingerprint density at radius 1 is 1.21 bits per heavy atom. The molecule has 0 N–H and O–H groups in total. The minimum absolute atomic E-state index is 0.159. The van der Waals surface area contributed by atoms with E-state index in [1.807, 2.05) is 25.1 Å². The highest BCUT2D eigenvalue weighted by molar-refractivity contribution is 5.91. The Labute approximate surface area is 139 Å². The Kier molecular flexibility index (Phi) is 5.17. The molecule has 0 aliphatic carbocycles. The van der Waals surface area contributed by atoms with Crippen molar-refractivity contribution in [2.45, 2.75) is 6.92 Å². The summed E-state index contributed by atoms with van der Waals surface area (Å²) < 4.78 is 10.3. The van der Waals surface area contributed by atoms with Crippen LogP contribution in [0.25, 0.3) is 11.6 Å². The highest BCUT2D eigenvalue weighted by Crippen LogP contribution is 2.36. The zero-order valence-electron chi connectivity index (χ0n) is 13.6. The van der Waals surface area contributed by atoms with Crippen LogP contribution in [0, 0.1) is 28.4 Å². The molecule has 0 aromatic heterocycles. The quantitative estimate of drug-likeness (QED) is 0.359. The maximum Gasteiger partial charge on any atom is 0.280 e. The first-order chi connectivity index (χ1) is 11.5. The number of nitriles is 1. The predicted molar refractivity (Wildman–Crippen MR) is 90.9 cm³/mol. The van der Waals surface area contributed by atoms with Gasteiger partial charge < -0.3 is 9.47 Å². The summed E-state index contributed by atoms with van der Waals surface area (Å²) in [5, 5.41) is 20.8. The number of methoxy groups -OCH3 is 2. The summed E-state index contributed by atoms with van der Waals surface area (Å²) >= 11 is 0. The molecule has 0 saturated carbocycles. The molecular formula is C18H16N2O4. The lowest BCUT2D eigenvalue weighted by Gasteiger charge is -2.09. The third-order valence-electron chi connectivity index (χ3n) is 3.48. The van der Waals surface area contributed by atoms with E-state index in [9.17, 15) is 15.4 Å². The number of ether oxygens (including phenoxy) is 2. The highest BCUT2D eigenvalue weighted by atomic mass is 16.6. The molecule has 0 heterocycles. The highest BCUT2D eigenvalue weighted by Gasteiger charge is 2.19. The van der Waals surface area contributed by atoms with Gasteiger partial charge in [-0.05, 0) is 24.6 Å². The molecule has 6 nitrogen and oxygen atoms in total. The van der Waals surface area contributed by atoms with Crippen molar-refractivity contribution in [3.63, 3.8) is 0 Å². The molecule has 24 heavy (non-hydrogen) atoms. The zero-order chi connectivity index (χ0) is 17.7. The van der Waals surface area contributed by atoms with Gasteiger partial charge in [0.05, 0.1) is 42.4 Å². The molecule has 0 atom stereocenters. The van der Waals surface area contributed by atoms with Gasteiger partial charge in [-0.3, -0.25) is 10.1 Å². The maximum atomic E-state index is 11.3. The lowest BCUT2D eigenvalue weighted by atomic mass is 10.0. The number of aryl methyl sites for hydroxylation is 1.